The fourth-order valence-electron chi connectivity index (χ4n) is 2.13. The summed E-state index contributed by atoms with van der Waals surface area (Å²) in [5.74, 6) is 1.58. The molecular formula is C12H19N3O2. The molecule has 1 aliphatic rings. The average molecular weight is 237 g/mol. The largest absolute Gasteiger partial charge is 0.444 e. The van der Waals surface area contributed by atoms with Crippen molar-refractivity contribution >= 4 is 5.91 Å². The van der Waals surface area contributed by atoms with Crippen molar-refractivity contribution in [3.05, 3.63) is 17.8 Å². The summed E-state index contributed by atoms with van der Waals surface area (Å²) in [7, 11) is 0. The van der Waals surface area contributed by atoms with Crippen molar-refractivity contribution in [1.82, 2.24) is 15.2 Å². The first-order valence-corrected chi connectivity index (χ1v) is 6.12. The minimum absolute atomic E-state index is 0.0787. The lowest BCUT2D eigenvalue weighted by Gasteiger charge is -2.25. The van der Waals surface area contributed by atoms with Gasteiger partial charge in [0.2, 0.25) is 11.8 Å². The molecule has 5 nitrogen and oxygen atoms in total. The fourth-order valence-corrected chi connectivity index (χ4v) is 2.13. The van der Waals surface area contributed by atoms with Crippen LogP contribution in [0, 0.1) is 0 Å². The molecular weight excluding hydrogens is 218 g/mol. The molecule has 17 heavy (non-hydrogen) atoms. The van der Waals surface area contributed by atoms with Gasteiger partial charge in [-0.1, -0.05) is 6.92 Å². The number of hydrogen-bond acceptors (Lipinski definition) is 4. The highest BCUT2D eigenvalue weighted by Gasteiger charge is 2.25. The maximum absolute atomic E-state index is 11.6. The van der Waals surface area contributed by atoms with E-state index in [1.54, 1.807) is 13.1 Å². The smallest absolute Gasteiger partial charge is 0.220 e. The molecule has 0 bridgehead atoms. The summed E-state index contributed by atoms with van der Waals surface area (Å²) in [6.07, 6.45) is 3.57. The second-order valence-corrected chi connectivity index (χ2v) is 4.37. The summed E-state index contributed by atoms with van der Waals surface area (Å²) in [5.41, 5.74) is 0. The van der Waals surface area contributed by atoms with Gasteiger partial charge in [-0.3, -0.25) is 4.79 Å². The van der Waals surface area contributed by atoms with Crippen LogP contribution in [0.1, 0.15) is 31.9 Å². The standard InChI is InChI=1S/C12H19N3O2/c1-3-11-7-14-12(17-11)8-15(9(2)16)10-4-5-13-6-10/h7,10,13H,3-6,8H2,1-2H3. The number of oxazole rings is 1. The lowest BCUT2D eigenvalue weighted by atomic mass is 10.2. The van der Waals surface area contributed by atoms with E-state index in [0.29, 0.717) is 12.4 Å². The summed E-state index contributed by atoms with van der Waals surface area (Å²) in [6.45, 7) is 5.93. The van der Waals surface area contributed by atoms with Gasteiger partial charge in [-0.05, 0) is 13.0 Å². The quantitative estimate of drug-likeness (QED) is 0.847. The normalized spacial score (nSPS) is 19.5. The van der Waals surface area contributed by atoms with Crippen LogP contribution in [0.3, 0.4) is 0 Å². The molecule has 5 heteroatoms. The lowest BCUT2D eigenvalue weighted by Crippen LogP contribution is -2.39. The van der Waals surface area contributed by atoms with Crippen molar-refractivity contribution in [3.63, 3.8) is 0 Å². The molecule has 0 spiro atoms. The summed E-state index contributed by atoms with van der Waals surface area (Å²) < 4.78 is 5.55. The Morgan fingerprint density at radius 1 is 1.71 bits per heavy atom. The zero-order valence-electron chi connectivity index (χ0n) is 10.4. The first-order valence-electron chi connectivity index (χ1n) is 6.12. The van der Waals surface area contributed by atoms with E-state index >= 15 is 0 Å². The van der Waals surface area contributed by atoms with Gasteiger partial charge in [0.15, 0.2) is 0 Å². The third-order valence-electron chi connectivity index (χ3n) is 3.14. The van der Waals surface area contributed by atoms with Gasteiger partial charge in [0.05, 0.1) is 12.7 Å². The Labute approximate surface area is 101 Å². The molecule has 1 aromatic rings. The highest BCUT2D eigenvalue weighted by Crippen LogP contribution is 2.14. The second-order valence-electron chi connectivity index (χ2n) is 4.37. The van der Waals surface area contributed by atoms with Gasteiger partial charge in [-0.15, -0.1) is 0 Å². The van der Waals surface area contributed by atoms with Crippen LogP contribution in [0.4, 0.5) is 0 Å². The SMILES string of the molecule is CCc1cnc(CN(C(C)=O)C2CCNC2)o1. The summed E-state index contributed by atoms with van der Waals surface area (Å²) in [5, 5.41) is 3.26. The van der Waals surface area contributed by atoms with Crippen molar-refractivity contribution < 1.29 is 9.21 Å². The Bertz CT molecular complexity index is 383. The van der Waals surface area contributed by atoms with E-state index in [2.05, 4.69) is 10.3 Å². The first kappa shape index (κ1) is 12.1. The number of amides is 1. The molecule has 1 atom stereocenters. The minimum Gasteiger partial charge on any atom is -0.444 e. The predicted octanol–water partition coefficient (Wildman–Crippen LogP) is 0.947. The maximum atomic E-state index is 11.6. The van der Waals surface area contributed by atoms with E-state index in [1.165, 1.54) is 0 Å². The van der Waals surface area contributed by atoms with Gasteiger partial charge in [0.25, 0.3) is 0 Å². The van der Waals surface area contributed by atoms with Gasteiger partial charge in [0.1, 0.15) is 5.76 Å². The van der Waals surface area contributed by atoms with Crippen molar-refractivity contribution in [3.8, 4) is 0 Å². The van der Waals surface area contributed by atoms with Crippen LogP contribution in [-0.4, -0.2) is 34.9 Å². The van der Waals surface area contributed by atoms with Crippen LogP contribution in [0.25, 0.3) is 0 Å². The molecule has 2 heterocycles. The highest BCUT2D eigenvalue weighted by molar-refractivity contribution is 5.73. The van der Waals surface area contributed by atoms with Crippen LogP contribution < -0.4 is 5.32 Å². The van der Waals surface area contributed by atoms with Crippen LogP contribution in [0.15, 0.2) is 10.6 Å². The molecule has 1 aromatic heterocycles. The lowest BCUT2D eigenvalue weighted by molar-refractivity contribution is -0.131. The van der Waals surface area contributed by atoms with E-state index in [4.69, 9.17) is 4.42 Å². The van der Waals surface area contributed by atoms with Crippen LogP contribution >= 0.6 is 0 Å². The fraction of sp³-hybridized carbons (Fsp3) is 0.667. The van der Waals surface area contributed by atoms with E-state index < -0.39 is 0 Å². The zero-order valence-corrected chi connectivity index (χ0v) is 10.4. The van der Waals surface area contributed by atoms with Crippen molar-refractivity contribution in [2.45, 2.75) is 39.3 Å². The molecule has 1 fully saturated rings. The number of carbonyl (C=O) groups excluding carboxylic acids is 1. The van der Waals surface area contributed by atoms with Gasteiger partial charge in [0, 0.05) is 25.9 Å². The van der Waals surface area contributed by atoms with Gasteiger partial charge >= 0.3 is 0 Å². The third-order valence-corrected chi connectivity index (χ3v) is 3.14. The van der Waals surface area contributed by atoms with Crippen molar-refractivity contribution in [1.29, 1.82) is 0 Å². The molecule has 1 aliphatic heterocycles. The highest BCUT2D eigenvalue weighted by atomic mass is 16.4. The average Bonchev–Trinajstić information content (AvgIpc) is 2.96. The number of aryl methyl sites for hydroxylation is 1. The summed E-state index contributed by atoms with van der Waals surface area (Å²) >= 11 is 0. The number of carbonyl (C=O) groups is 1. The Balaban J connectivity index is 2.04. The molecule has 1 N–H and O–H groups in total. The number of rotatable bonds is 4. The molecule has 1 amide bonds. The number of nitrogens with one attached hydrogen (secondary N) is 1. The van der Waals surface area contributed by atoms with Crippen LogP contribution in [0.2, 0.25) is 0 Å². The van der Waals surface area contributed by atoms with Gasteiger partial charge in [-0.25, -0.2) is 4.98 Å². The molecule has 2 rings (SSSR count). The maximum Gasteiger partial charge on any atom is 0.220 e. The Hall–Kier alpha value is -1.36. The monoisotopic (exact) mass is 237 g/mol. The Morgan fingerprint density at radius 3 is 3.06 bits per heavy atom. The topological polar surface area (TPSA) is 58.4 Å². The molecule has 1 saturated heterocycles. The van der Waals surface area contributed by atoms with Gasteiger partial charge in [-0.2, -0.15) is 0 Å². The second kappa shape index (κ2) is 5.31. The van der Waals surface area contributed by atoms with Gasteiger partial charge < -0.3 is 14.6 Å². The number of aromatic nitrogens is 1. The van der Waals surface area contributed by atoms with Crippen LogP contribution in [-0.2, 0) is 17.8 Å². The zero-order chi connectivity index (χ0) is 12.3. The van der Waals surface area contributed by atoms with E-state index in [9.17, 15) is 4.79 Å². The molecule has 0 saturated carbocycles. The van der Waals surface area contributed by atoms with Crippen molar-refractivity contribution in [2.75, 3.05) is 13.1 Å². The van der Waals surface area contributed by atoms with E-state index in [-0.39, 0.29) is 11.9 Å². The van der Waals surface area contributed by atoms with E-state index in [1.807, 2.05) is 11.8 Å². The first-order chi connectivity index (χ1) is 8.20. The summed E-state index contributed by atoms with van der Waals surface area (Å²) in [6, 6.07) is 0.268. The molecule has 94 valence electrons. The molecule has 0 aliphatic carbocycles. The number of nitrogens with zero attached hydrogens (tertiary/aromatic N) is 2. The molecule has 0 aromatic carbocycles. The minimum atomic E-state index is 0.0787. The number of hydrogen-bond donors (Lipinski definition) is 1. The predicted molar refractivity (Wildman–Crippen MR) is 63.4 cm³/mol. The third kappa shape index (κ3) is 2.85. The Morgan fingerprint density at radius 2 is 2.53 bits per heavy atom. The van der Waals surface area contributed by atoms with Crippen molar-refractivity contribution in [2.24, 2.45) is 0 Å². The molecule has 0 radical (unpaired) electrons. The van der Waals surface area contributed by atoms with Crippen LogP contribution in [0.5, 0.6) is 0 Å². The molecule has 1 unspecified atom stereocenters. The van der Waals surface area contributed by atoms with E-state index in [0.717, 1.165) is 31.7 Å². The summed E-state index contributed by atoms with van der Waals surface area (Å²) in [4.78, 5) is 17.7. The Kier molecular flexibility index (Phi) is 3.78.